The molecule has 0 bridgehead atoms. The Bertz CT molecular complexity index is 889. The molecule has 1 atom stereocenters. The highest BCUT2D eigenvalue weighted by atomic mass is 32.2. The van der Waals surface area contributed by atoms with Crippen LogP contribution in [0.25, 0.3) is 5.52 Å². The molecule has 122 valence electrons. The predicted octanol–water partition coefficient (Wildman–Crippen LogP) is 2.27. The molecule has 0 N–H and O–H groups in total. The van der Waals surface area contributed by atoms with Gasteiger partial charge in [-0.05, 0) is 41.0 Å². The first-order valence-electron chi connectivity index (χ1n) is 7.84. The fourth-order valence-corrected chi connectivity index (χ4v) is 3.81. The zero-order valence-corrected chi connectivity index (χ0v) is 13.8. The Balaban J connectivity index is 1.51. The fourth-order valence-electron chi connectivity index (χ4n) is 2.95. The third kappa shape index (κ3) is 2.88. The van der Waals surface area contributed by atoms with Gasteiger partial charge in [0, 0.05) is 24.8 Å². The van der Waals surface area contributed by atoms with E-state index in [4.69, 9.17) is 4.74 Å². The van der Waals surface area contributed by atoms with Crippen LogP contribution in [0.5, 0.6) is 0 Å². The number of hydrogen-bond acceptors (Lipinski definition) is 6. The molecule has 1 fully saturated rings. The topological polar surface area (TPSA) is 81.0 Å². The lowest BCUT2D eigenvalue weighted by Crippen LogP contribution is -2.16. The van der Waals surface area contributed by atoms with Crippen LogP contribution in [0.15, 0.2) is 35.7 Å². The van der Waals surface area contributed by atoms with Gasteiger partial charge in [-0.2, -0.15) is 5.26 Å². The second kappa shape index (κ2) is 6.63. The van der Waals surface area contributed by atoms with Gasteiger partial charge in [0.2, 0.25) is 5.16 Å². The SMILES string of the molecule is N#Cc1c(CSc2nnnn2C[C@H]2CCCO2)cn2ccccc12. The number of fused-ring (bicyclic) bond motifs is 1. The molecule has 1 saturated heterocycles. The van der Waals surface area contributed by atoms with Gasteiger partial charge >= 0.3 is 0 Å². The number of nitrogens with zero attached hydrogens (tertiary/aromatic N) is 6. The van der Waals surface area contributed by atoms with Crippen LogP contribution in [-0.4, -0.2) is 37.3 Å². The number of pyridine rings is 1. The summed E-state index contributed by atoms with van der Waals surface area (Å²) in [6.45, 7) is 1.50. The van der Waals surface area contributed by atoms with Crippen LogP contribution in [0.2, 0.25) is 0 Å². The Morgan fingerprint density at radius 2 is 2.38 bits per heavy atom. The van der Waals surface area contributed by atoms with Gasteiger partial charge in [-0.1, -0.05) is 17.8 Å². The van der Waals surface area contributed by atoms with Crippen molar-refractivity contribution in [2.45, 2.75) is 36.4 Å². The van der Waals surface area contributed by atoms with Crippen molar-refractivity contribution in [1.29, 1.82) is 5.26 Å². The maximum absolute atomic E-state index is 9.47. The van der Waals surface area contributed by atoms with E-state index < -0.39 is 0 Å². The van der Waals surface area contributed by atoms with Crippen molar-refractivity contribution < 1.29 is 4.74 Å². The average Bonchev–Trinajstić information content (AvgIpc) is 3.33. The monoisotopic (exact) mass is 340 g/mol. The molecular weight excluding hydrogens is 324 g/mol. The number of rotatable bonds is 5. The van der Waals surface area contributed by atoms with Crippen LogP contribution in [0.4, 0.5) is 0 Å². The molecule has 1 aliphatic heterocycles. The Labute approximate surface area is 143 Å². The number of aromatic nitrogens is 5. The molecule has 3 aromatic rings. The van der Waals surface area contributed by atoms with Gasteiger partial charge in [-0.15, -0.1) is 5.10 Å². The van der Waals surface area contributed by atoms with Crippen LogP contribution in [-0.2, 0) is 17.0 Å². The van der Waals surface area contributed by atoms with E-state index in [0.29, 0.717) is 17.9 Å². The summed E-state index contributed by atoms with van der Waals surface area (Å²) in [5.41, 5.74) is 2.62. The quantitative estimate of drug-likeness (QED) is 0.663. The number of thioether (sulfide) groups is 1. The molecule has 7 nitrogen and oxygen atoms in total. The summed E-state index contributed by atoms with van der Waals surface area (Å²) in [4.78, 5) is 0. The Hall–Kier alpha value is -2.37. The molecule has 4 rings (SSSR count). The number of tetrazole rings is 1. The molecule has 3 aromatic heterocycles. The molecule has 24 heavy (non-hydrogen) atoms. The molecule has 0 radical (unpaired) electrons. The van der Waals surface area contributed by atoms with Crippen LogP contribution >= 0.6 is 11.8 Å². The van der Waals surface area contributed by atoms with Crippen LogP contribution in [0.1, 0.15) is 24.0 Å². The van der Waals surface area contributed by atoms with Crippen LogP contribution < -0.4 is 0 Å². The second-order valence-corrected chi connectivity index (χ2v) is 6.64. The molecule has 0 unspecified atom stereocenters. The highest BCUT2D eigenvalue weighted by molar-refractivity contribution is 7.98. The van der Waals surface area contributed by atoms with Gasteiger partial charge in [0.05, 0.1) is 23.7 Å². The summed E-state index contributed by atoms with van der Waals surface area (Å²) in [5.74, 6) is 0.649. The van der Waals surface area contributed by atoms with Crippen LogP contribution in [0, 0.1) is 11.3 Å². The van der Waals surface area contributed by atoms with Crippen molar-refractivity contribution in [3.63, 3.8) is 0 Å². The molecule has 0 amide bonds. The molecule has 0 spiro atoms. The molecular formula is C16H16N6OS. The van der Waals surface area contributed by atoms with Gasteiger partial charge in [-0.25, -0.2) is 4.68 Å². The van der Waals surface area contributed by atoms with Gasteiger partial charge in [0.25, 0.3) is 0 Å². The van der Waals surface area contributed by atoms with Crippen molar-refractivity contribution in [3.8, 4) is 6.07 Å². The first-order chi connectivity index (χ1) is 11.8. The maximum Gasteiger partial charge on any atom is 0.209 e. The zero-order chi connectivity index (χ0) is 16.4. The first kappa shape index (κ1) is 15.2. The van der Waals surface area contributed by atoms with E-state index in [1.165, 1.54) is 0 Å². The molecule has 8 heteroatoms. The third-order valence-electron chi connectivity index (χ3n) is 4.13. The summed E-state index contributed by atoms with van der Waals surface area (Å²) in [6, 6.07) is 8.15. The lowest BCUT2D eigenvalue weighted by molar-refractivity contribution is 0.0912. The van der Waals surface area contributed by atoms with E-state index >= 15 is 0 Å². The van der Waals surface area contributed by atoms with E-state index in [9.17, 15) is 5.26 Å². The van der Waals surface area contributed by atoms with E-state index in [-0.39, 0.29) is 6.10 Å². The fraction of sp³-hybridized carbons (Fsp3) is 0.375. The van der Waals surface area contributed by atoms with E-state index in [0.717, 1.165) is 35.7 Å². The largest absolute Gasteiger partial charge is 0.376 e. The lowest BCUT2D eigenvalue weighted by atomic mass is 10.2. The van der Waals surface area contributed by atoms with Crippen molar-refractivity contribution in [3.05, 3.63) is 41.7 Å². The predicted molar refractivity (Wildman–Crippen MR) is 88.5 cm³/mol. The normalized spacial score (nSPS) is 17.4. The standard InChI is InChI=1S/C16H16N6OS/c17-8-14-12(9-21-6-2-1-5-15(14)21)11-24-16-18-19-20-22(16)10-13-4-3-7-23-13/h1-2,5-6,9,13H,3-4,7,10-11H2/t13-/m1/s1. The summed E-state index contributed by atoms with van der Waals surface area (Å²) in [5, 5.41) is 22.2. The highest BCUT2D eigenvalue weighted by Gasteiger charge is 2.19. The summed E-state index contributed by atoms with van der Waals surface area (Å²) < 4.78 is 9.42. The summed E-state index contributed by atoms with van der Waals surface area (Å²) in [6.07, 6.45) is 6.28. The van der Waals surface area contributed by atoms with Crippen molar-refractivity contribution in [1.82, 2.24) is 24.6 Å². The molecule has 1 aliphatic rings. The Morgan fingerprint density at radius 3 is 3.21 bits per heavy atom. The third-order valence-corrected chi connectivity index (χ3v) is 5.14. The summed E-state index contributed by atoms with van der Waals surface area (Å²) in [7, 11) is 0. The highest BCUT2D eigenvalue weighted by Crippen LogP contribution is 2.26. The van der Waals surface area contributed by atoms with Crippen molar-refractivity contribution in [2.24, 2.45) is 0 Å². The van der Waals surface area contributed by atoms with Crippen molar-refractivity contribution >= 4 is 17.3 Å². The smallest absolute Gasteiger partial charge is 0.209 e. The van der Waals surface area contributed by atoms with Gasteiger partial charge < -0.3 is 9.14 Å². The first-order valence-corrected chi connectivity index (χ1v) is 8.83. The Kier molecular flexibility index (Phi) is 4.19. The summed E-state index contributed by atoms with van der Waals surface area (Å²) >= 11 is 1.54. The minimum atomic E-state index is 0.194. The van der Waals surface area contributed by atoms with Gasteiger partial charge in [0.15, 0.2) is 0 Å². The van der Waals surface area contributed by atoms with E-state index in [1.807, 2.05) is 35.0 Å². The second-order valence-electron chi connectivity index (χ2n) is 5.70. The van der Waals surface area contributed by atoms with E-state index in [2.05, 4.69) is 21.6 Å². The van der Waals surface area contributed by atoms with Crippen LogP contribution in [0.3, 0.4) is 0 Å². The molecule has 0 aromatic carbocycles. The maximum atomic E-state index is 9.47. The van der Waals surface area contributed by atoms with Gasteiger partial charge in [-0.3, -0.25) is 0 Å². The Morgan fingerprint density at radius 1 is 1.42 bits per heavy atom. The average molecular weight is 340 g/mol. The number of nitriles is 1. The molecule has 0 saturated carbocycles. The number of ether oxygens (including phenoxy) is 1. The van der Waals surface area contributed by atoms with E-state index in [1.54, 1.807) is 16.4 Å². The minimum Gasteiger partial charge on any atom is -0.376 e. The molecule has 4 heterocycles. The lowest BCUT2D eigenvalue weighted by Gasteiger charge is -2.09. The number of hydrogen-bond donors (Lipinski definition) is 0. The minimum absolute atomic E-state index is 0.194. The van der Waals surface area contributed by atoms with Gasteiger partial charge in [0.1, 0.15) is 6.07 Å². The van der Waals surface area contributed by atoms with Crippen molar-refractivity contribution in [2.75, 3.05) is 6.61 Å². The zero-order valence-electron chi connectivity index (χ0n) is 13.0. The molecule has 0 aliphatic carbocycles.